The van der Waals surface area contributed by atoms with Gasteiger partial charge in [-0.2, -0.15) is 0 Å². The van der Waals surface area contributed by atoms with E-state index in [1.807, 2.05) is 19.1 Å². The van der Waals surface area contributed by atoms with E-state index < -0.39 is 73.6 Å². The van der Waals surface area contributed by atoms with Gasteiger partial charge in [0.2, 0.25) is 11.8 Å². The van der Waals surface area contributed by atoms with Crippen LogP contribution < -0.4 is 15.4 Å². The summed E-state index contributed by atoms with van der Waals surface area (Å²) in [5.74, 6) is -2.69. The van der Waals surface area contributed by atoms with E-state index in [2.05, 4.69) is 16.6 Å². The summed E-state index contributed by atoms with van der Waals surface area (Å²) in [6.45, 7) is 0.0726. The largest absolute Gasteiger partial charge is 0.508 e. The van der Waals surface area contributed by atoms with Crippen LogP contribution in [0.1, 0.15) is 23.1 Å². The molecule has 1 saturated heterocycles. The van der Waals surface area contributed by atoms with Crippen LogP contribution in [-0.4, -0.2) is 104 Å². The number of carboxylic acids is 1. The number of carbonyl (C=O) groups is 3. The molecule has 14 heteroatoms. The predicted molar refractivity (Wildman–Crippen MR) is 177 cm³/mol. The van der Waals surface area contributed by atoms with Gasteiger partial charge in [-0.1, -0.05) is 48.4 Å². The van der Waals surface area contributed by atoms with Crippen molar-refractivity contribution in [3.8, 4) is 35.0 Å². The highest BCUT2D eigenvalue weighted by Crippen LogP contribution is 2.34. The number of rotatable bonds is 15. The van der Waals surface area contributed by atoms with E-state index in [4.69, 9.17) is 20.6 Å². The molecule has 8 N–H and O–H groups in total. The molecule has 2 amide bonds. The third-order valence-electron chi connectivity index (χ3n) is 8.22. The van der Waals surface area contributed by atoms with Gasteiger partial charge in [-0.25, -0.2) is 4.79 Å². The van der Waals surface area contributed by atoms with Gasteiger partial charge in [0.25, 0.3) is 5.79 Å². The monoisotopic (exact) mass is 692 g/mol. The molecule has 1 fully saturated rings. The van der Waals surface area contributed by atoms with Gasteiger partial charge in [0, 0.05) is 13.0 Å². The zero-order valence-corrected chi connectivity index (χ0v) is 27.2. The predicted octanol–water partition coefficient (Wildman–Crippen LogP) is 0.385. The number of phenolic OH excluding ortho intramolecular Hbond substituents is 1. The van der Waals surface area contributed by atoms with Gasteiger partial charge in [-0.3, -0.25) is 9.59 Å². The number of aliphatic carboxylic acids is 1. The molecule has 1 heterocycles. The molecule has 1 aliphatic rings. The van der Waals surface area contributed by atoms with Crippen LogP contribution in [0.5, 0.6) is 11.5 Å². The molecule has 0 aromatic heterocycles. The maximum Gasteiger partial charge on any atom is 0.364 e. The number of nitrogens with one attached hydrogen (secondary N) is 2. The average Bonchev–Trinajstić information content (AvgIpc) is 3.10. The number of terminal acetylenes is 1. The van der Waals surface area contributed by atoms with Crippen molar-refractivity contribution in [2.45, 2.75) is 62.6 Å². The summed E-state index contributed by atoms with van der Waals surface area (Å²) in [7, 11) is 0. The summed E-state index contributed by atoms with van der Waals surface area (Å²) in [6.07, 6.45) is -2.73. The number of amides is 2. The molecule has 50 heavy (non-hydrogen) atoms. The normalized spacial score (nSPS) is 21.3. The van der Waals surface area contributed by atoms with Crippen LogP contribution in [0, 0.1) is 19.3 Å². The Morgan fingerprint density at radius 1 is 1.04 bits per heavy atom. The van der Waals surface area contributed by atoms with Crippen molar-refractivity contribution in [1.29, 1.82) is 0 Å². The summed E-state index contributed by atoms with van der Waals surface area (Å²) < 4.78 is 16.8. The molecule has 0 bridgehead atoms. The second-order valence-electron chi connectivity index (χ2n) is 11.8. The lowest BCUT2D eigenvalue weighted by Crippen LogP contribution is -2.68. The van der Waals surface area contributed by atoms with Crippen LogP contribution in [0.3, 0.4) is 0 Å². The SMILES string of the molecule is C#CCOc1ccc(CO[C@]2(C(=O)O)C[C@H](O)[C@@H](NC(=O)CO)[C@H]([C@H](O)[C@H](O)CNC(=O)Cc3ccc(-c4ccc(O)cc4)cc3C)O2)cc1. The summed E-state index contributed by atoms with van der Waals surface area (Å²) >= 11 is 0. The number of phenols is 1. The molecular formula is C36H40N2O12. The number of aryl methyl sites for hydroxylation is 1. The molecule has 3 aromatic carbocycles. The van der Waals surface area contributed by atoms with Crippen LogP contribution in [0.15, 0.2) is 66.7 Å². The number of ether oxygens (including phenoxy) is 3. The highest BCUT2D eigenvalue weighted by molar-refractivity contribution is 5.80. The quantitative estimate of drug-likeness (QED) is 0.101. The second kappa shape index (κ2) is 17.1. The van der Waals surface area contributed by atoms with Gasteiger partial charge in [0.1, 0.15) is 36.9 Å². The zero-order valence-electron chi connectivity index (χ0n) is 27.2. The highest BCUT2D eigenvalue weighted by atomic mass is 16.7. The number of carbonyl (C=O) groups excluding carboxylic acids is 2. The lowest BCUT2D eigenvalue weighted by molar-refractivity contribution is -0.314. The van der Waals surface area contributed by atoms with Crippen molar-refractivity contribution in [2.24, 2.45) is 0 Å². The minimum Gasteiger partial charge on any atom is -0.508 e. The number of hydrogen-bond donors (Lipinski definition) is 8. The van der Waals surface area contributed by atoms with Gasteiger partial charge >= 0.3 is 5.97 Å². The Morgan fingerprint density at radius 2 is 1.72 bits per heavy atom. The molecule has 14 nitrogen and oxygen atoms in total. The fraction of sp³-hybridized carbons (Fsp3) is 0.361. The molecule has 0 aliphatic carbocycles. The molecule has 4 rings (SSSR count). The van der Waals surface area contributed by atoms with Crippen LogP contribution in [0.25, 0.3) is 11.1 Å². The van der Waals surface area contributed by atoms with Crippen molar-refractivity contribution in [3.63, 3.8) is 0 Å². The number of hydrogen-bond acceptors (Lipinski definition) is 11. The van der Waals surface area contributed by atoms with E-state index in [0.717, 1.165) is 16.7 Å². The van der Waals surface area contributed by atoms with E-state index in [1.165, 1.54) is 0 Å². The summed E-state index contributed by atoms with van der Waals surface area (Å²) in [5, 5.41) is 66.9. The minimum atomic E-state index is -2.53. The van der Waals surface area contributed by atoms with Gasteiger partial charge in [-0.15, -0.1) is 6.42 Å². The molecule has 0 saturated carbocycles. The number of aliphatic hydroxyl groups excluding tert-OH is 4. The molecule has 266 valence electrons. The van der Waals surface area contributed by atoms with E-state index in [9.17, 15) is 45.0 Å². The van der Waals surface area contributed by atoms with E-state index in [1.54, 1.807) is 54.6 Å². The Kier molecular flexibility index (Phi) is 12.9. The lowest BCUT2D eigenvalue weighted by atomic mass is 9.88. The van der Waals surface area contributed by atoms with Crippen molar-refractivity contribution in [3.05, 3.63) is 83.4 Å². The summed E-state index contributed by atoms with van der Waals surface area (Å²) in [6, 6.07) is 17.1. The smallest absolute Gasteiger partial charge is 0.364 e. The molecule has 0 unspecified atom stereocenters. The molecule has 1 aliphatic heterocycles. The Bertz CT molecular complexity index is 1670. The summed E-state index contributed by atoms with van der Waals surface area (Å²) in [4.78, 5) is 37.5. The van der Waals surface area contributed by atoms with Crippen LogP contribution in [0.4, 0.5) is 0 Å². The number of carboxylic acid groups (broad SMARTS) is 1. The second-order valence-corrected chi connectivity index (χ2v) is 11.8. The van der Waals surface area contributed by atoms with Crippen molar-refractivity contribution >= 4 is 17.8 Å². The maximum atomic E-state index is 12.8. The Hall–Kier alpha value is -5.01. The summed E-state index contributed by atoms with van der Waals surface area (Å²) in [5.41, 5.74) is 3.77. The zero-order chi connectivity index (χ0) is 36.4. The highest BCUT2D eigenvalue weighted by Gasteiger charge is 2.55. The van der Waals surface area contributed by atoms with Crippen LogP contribution >= 0.6 is 0 Å². The van der Waals surface area contributed by atoms with Gasteiger partial charge in [-0.05, 0) is 59.0 Å². The first-order valence-electron chi connectivity index (χ1n) is 15.7. The Morgan fingerprint density at radius 3 is 2.34 bits per heavy atom. The molecule has 6 atom stereocenters. The Labute approximate surface area is 288 Å². The number of aromatic hydroxyl groups is 1. The third-order valence-corrected chi connectivity index (χ3v) is 8.22. The topological polar surface area (TPSA) is 224 Å². The molecule has 0 spiro atoms. The van der Waals surface area contributed by atoms with Crippen LogP contribution in [0.2, 0.25) is 0 Å². The molecule has 3 aromatic rings. The fourth-order valence-corrected chi connectivity index (χ4v) is 5.47. The third kappa shape index (κ3) is 9.57. The van der Waals surface area contributed by atoms with Crippen molar-refractivity contribution in [2.75, 3.05) is 19.8 Å². The van der Waals surface area contributed by atoms with E-state index in [0.29, 0.717) is 16.9 Å². The number of benzene rings is 3. The maximum absolute atomic E-state index is 12.8. The van der Waals surface area contributed by atoms with E-state index in [-0.39, 0.29) is 25.4 Å². The lowest BCUT2D eigenvalue weighted by Gasteiger charge is -2.46. The number of aliphatic hydroxyl groups is 4. The standard InChI is InChI=1S/C36H40N2O12/c1-3-14-48-27-12-4-22(5-13-27)20-49-36(35(46)47)17-28(41)32(38-31(44)19-39)34(50-36)33(45)29(42)18-37-30(43)16-24-6-7-25(15-21(24)2)23-8-10-26(40)11-9-23/h1,4-13,15,28-29,32-34,39-42,45H,14,16-20H2,2H3,(H,37,43)(H,38,44)(H,46,47)/t28-,29+,32+,33+,34+,36+/m0/s1. The van der Waals surface area contributed by atoms with Gasteiger partial charge < -0.3 is 55.5 Å². The first-order chi connectivity index (χ1) is 23.8. The van der Waals surface area contributed by atoms with E-state index >= 15 is 0 Å². The van der Waals surface area contributed by atoms with Crippen molar-refractivity contribution in [1.82, 2.24) is 10.6 Å². The van der Waals surface area contributed by atoms with Gasteiger partial charge in [0.05, 0.1) is 31.3 Å². The Balaban J connectivity index is 1.44. The minimum absolute atomic E-state index is 0.0490. The van der Waals surface area contributed by atoms with Crippen molar-refractivity contribution < 1.29 is 59.2 Å². The molecular weight excluding hydrogens is 652 g/mol. The first-order valence-corrected chi connectivity index (χ1v) is 15.7. The molecule has 0 radical (unpaired) electrons. The average molecular weight is 693 g/mol. The fourth-order valence-electron chi connectivity index (χ4n) is 5.47. The van der Waals surface area contributed by atoms with Gasteiger partial charge in [0.15, 0.2) is 0 Å². The first kappa shape index (κ1) is 37.8. The van der Waals surface area contributed by atoms with Crippen LogP contribution in [-0.2, 0) is 36.9 Å².